The SMILES string of the molecule is Cc1ncsc1-c1ccc(CNC(=O)C2CC(O)CN2C(=O)C(NN)C2(C(F)(F)F)CC2)cc1. The monoisotopic (exact) mass is 497 g/mol. The first-order chi connectivity index (χ1) is 16.1. The quantitative estimate of drug-likeness (QED) is 0.343. The van der Waals surface area contributed by atoms with Gasteiger partial charge in [-0.2, -0.15) is 13.2 Å². The van der Waals surface area contributed by atoms with Gasteiger partial charge in [0.25, 0.3) is 0 Å². The maximum atomic E-state index is 13.6. The normalized spacial score (nSPS) is 22.5. The maximum Gasteiger partial charge on any atom is 0.396 e. The molecule has 0 spiro atoms. The number of amides is 2. The molecule has 184 valence electrons. The molecule has 0 radical (unpaired) electrons. The Labute approximate surface area is 198 Å². The van der Waals surface area contributed by atoms with Gasteiger partial charge in [-0.25, -0.2) is 10.4 Å². The summed E-state index contributed by atoms with van der Waals surface area (Å²) in [6.45, 7) is 1.86. The molecule has 2 amide bonds. The number of β-amino-alcohol motifs (C(OH)–C–C–N with tert-alkyl or cyclic N) is 1. The minimum atomic E-state index is -4.61. The second-order valence-electron chi connectivity index (χ2n) is 8.83. The first-order valence-electron chi connectivity index (χ1n) is 10.9. The van der Waals surface area contributed by atoms with Crippen LogP contribution >= 0.6 is 11.3 Å². The topological polar surface area (TPSA) is 121 Å². The zero-order chi connectivity index (χ0) is 24.7. The Kier molecular flexibility index (Phi) is 6.69. The minimum absolute atomic E-state index is 0.0581. The number of likely N-dealkylation sites (tertiary alicyclic amines) is 1. The highest BCUT2D eigenvalue weighted by atomic mass is 32.1. The molecule has 12 heteroatoms. The Morgan fingerprint density at radius 2 is 2.00 bits per heavy atom. The standard InChI is InChI=1S/C22H26F3N5O3S/c1-12-17(34-11-28-12)14-4-2-13(3-5-14)9-27-19(32)16-8-15(31)10-30(16)20(33)18(29-26)21(6-7-21)22(23,24)25/h2-5,11,15-16,18,29,31H,6-10,26H2,1H3,(H,27,32). The highest BCUT2D eigenvalue weighted by molar-refractivity contribution is 7.13. The Hall–Kier alpha value is -2.54. The second kappa shape index (κ2) is 9.25. The second-order valence-corrected chi connectivity index (χ2v) is 9.69. The number of aliphatic hydroxyl groups is 1. The number of nitrogens with zero attached hydrogens (tertiary/aromatic N) is 2. The van der Waals surface area contributed by atoms with Crippen LogP contribution in [-0.4, -0.2) is 57.7 Å². The molecule has 2 aromatic rings. The van der Waals surface area contributed by atoms with E-state index in [-0.39, 0.29) is 32.4 Å². The van der Waals surface area contributed by atoms with Gasteiger partial charge in [-0.1, -0.05) is 24.3 Å². The van der Waals surface area contributed by atoms with Crippen molar-refractivity contribution in [1.82, 2.24) is 20.6 Å². The summed E-state index contributed by atoms with van der Waals surface area (Å²) in [4.78, 5) is 32.2. The van der Waals surface area contributed by atoms with Crippen LogP contribution in [0.15, 0.2) is 29.8 Å². The molecule has 1 aliphatic heterocycles. The molecule has 3 atom stereocenters. The van der Waals surface area contributed by atoms with Crippen molar-refractivity contribution in [1.29, 1.82) is 0 Å². The van der Waals surface area contributed by atoms with Crippen molar-refractivity contribution < 1.29 is 27.9 Å². The van der Waals surface area contributed by atoms with Crippen LogP contribution in [0.3, 0.4) is 0 Å². The zero-order valence-corrected chi connectivity index (χ0v) is 19.2. The van der Waals surface area contributed by atoms with Crippen molar-refractivity contribution in [2.45, 2.75) is 57.1 Å². The van der Waals surface area contributed by atoms with Crippen molar-refractivity contribution in [3.05, 3.63) is 41.0 Å². The first kappa shape index (κ1) is 24.6. The molecule has 1 aromatic carbocycles. The van der Waals surface area contributed by atoms with E-state index >= 15 is 0 Å². The Bertz CT molecular complexity index is 1050. The average molecular weight is 498 g/mol. The Morgan fingerprint density at radius 1 is 1.32 bits per heavy atom. The first-order valence-corrected chi connectivity index (χ1v) is 11.7. The number of carbonyl (C=O) groups excluding carboxylic acids is 2. The highest BCUT2D eigenvalue weighted by Crippen LogP contribution is 2.60. The third-order valence-electron chi connectivity index (χ3n) is 6.61. The van der Waals surface area contributed by atoms with E-state index in [1.54, 1.807) is 5.51 Å². The number of hydrogen-bond acceptors (Lipinski definition) is 7. The lowest BCUT2D eigenvalue weighted by atomic mass is 9.94. The molecule has 1 aliphatic carbocycles. The molecule has 1 aromatic heterocycles. The number of benzene rings is 1. The van der Waals surface area contributed by atoms with E-state index in [9.17, 15) is 27.9 Å². The van der Waals surface area contributed by atoms with Gasteiger partial charge in [0.1, 0.15) is 12.1 Å². The van der Waals surface area contributed by atoms with E-state index in [1.807, 2.05) is 36.6 Å². The van der Waals surface area contributed by atoms with Crippen LogP contribution in [0.25, 0.3) is 10.4 Å². The summed E-state index contributed by atoms with van der Waals surface area (Å²) in [5.74, 6) is 3.87. The fourth-order valence-electron chi connectivity index (χ4n) is 4.47. The summed E-state index contributed by atoms with van der Waals surface area (Å²) >= 11 is 1.53. The Morgan fingerprint density at radius 3 is 2.53 bits per heavy atom. The number of hydrogen-bond donors (Lipinski definition) is 4. The van der Waals surface area contributed by atoms with E-state index < -0.39 is 41.6 Å². The van der Waals surface area contributed by atoms with E-state index in [4.69, 9.17) is 5.84 Å². The van der Waals surface area contributed by atoms with Gasteiger partial charge in [0.15, 0.2) is 0 Å². The molecule has 2 heterocycles. The third-order valence-corrected chi connectivity index (χ3v) is 7.59. The van der Waals surface area contributed by atoms with Gasteiger partial charge in [-0.05, 0) is 30.9 Å². The summed E-state index contributed by atoms with van der Waals surface area (Å²) in [5, 5.41) is 12.8. The lowest BCUT2D eigenvalue weighted by Crippen LogP contribution is -2.59. The zero-order valence-electron chi connectivity index (χ0n) is 18.4. The molecule has 2 fully saturated rings. The fraction of sp³-hybridized carbons (Fsp3) is 0.500. The average Bonchev–Trinajstić information content (AvgIpc) is 3.35. The molecular weight excluding hydrogens is 471 g/mol. The largest absolute Gasteiger partial charge is 0.396 e. The van der Waals surface area contributed by atoms with Gasteiger partial charge in [0.2, 0.25) is 11.8 Å². The number of aliphatic hydroxyl groups excluding tert-OH is 1. The van der Waals surface area contributed by atoms with Crippen LogP contribution in [-0.2, 0) is 16.1 Å². The highest BCUT2D eigenvalue weighted by Gasteiger charge is 2.69. The predicted molar refractivity (Wildman–Crippen MR) is 119 cm³/mol. The van der Waals surface area contributed by atoms with Crippen molar-refractivity contribution in [3.63, 3.8) is 0 Å². The van der Waals surface area contributed by atoms with Crippen molar-refractivity contribution >= 4 is 23.2 Å². The number of thiazole rings is 1. The third kappa shape index (κ3) is 4.54. The predicted octanol–water partition coefficient (Wildman–Crippen LogP) is 1.87. The molecule has 5 N–H and O–H groups in total. The maximum absolute atomic E-state index is 13.6. The molecule has 34 heavy (non-hydrogen) atoms. The molecular formula is C22H26F3N5O3S. The van der Waals surface area contributed by atoms with Gasteiger partial charge < -0.3 is 15.3 Å². The molecule has 4 rings (SSSR count). The number of rotatable bonds is 7. The summed E-state index contributed by atoms with van der Waals surface area (Å²) in [6.07, 6.45) is -6.12. The van der Waals surface area contributed by atoms with Gasteiger partial charge in [-0.15, -0.1) is 11.3 Å². The van der Waals surface area contributed by atoms with Crippen LogP contribution < -0.4 is 16.6 Å². The van der Waals surface area contributed by atoms with Crippen LogP contribution in [0.4, 0.5) is 13.2 Å². The van der Waals surface area contributed by atoms with Crippen molar-refractivity contribution in [2.75, 3.05) is 6.54 Å². The summed E-state index contributed by atoms with van der Waals surface area (Å²) in [6, 6.07) is 4.75. The molecule has 0 bridgehead atoms. The molecule has 1 saturated heterocycles. The van der Waals surface area contributed by atoms with Crippen molar-refractivity contribution in [3.8, 4) is 10.4 Å². The summed E-state index contributed by atoms with van der Waals surface area (Å²) in [7, 11) is 0. The number of alkyl halides is 3. The van der Waals surface area contributed by atoms with Gasteiger partial charge in [0.05, 0.1) is 27.6 Å². The number of halogens is 3. The summed E-state index contributed by atoms with van der Waals surface area (Å²) < 4.78 is 40.7. The Balaban J connectivity index is 1.42. The van der Waals surface area contributed by atoms with E-state index in [0.717, 1.165) is 26.6 Å². The number of aromatic nitrogens is 1. The molecule has 1 saturated carbocycles. The van der Waals surface area contributed by atoms with Gasteiger partial charge in [-0.3, -0.25) is 15.4 Å². The number of hydrazine groups is 1. The van der Waals surface area contributed by atoms with Crippen LogP contribution in [0.1, 0.15) is 30.5 Å². The molecule has 2 aliphatic rings. The molecule has 3 unspecified atom stereocenters. The number of carbonyl (C=O) groups is 2. The van der Waals surface area contributed by atoms with Gasteiger partial charge >= 0.3 is 6.18 Å². The fourth-order valence-corrected chi connectivity index (χ4v) is 5.28. The van der Waals surface area contributed by atoms with Crippen LogP contribution in [0.5, 0.6) is 0 Å². The van der Waals surface area contributed by atoms with Crippen LogP contribution in [0.2, 0.25) is 0 Å². The number of aryl methyl sites for hydroxylation is 1. The lowest BCUT2D eigenvalue weighted by Gasteiger charge is -2.33. The van der Waals surface area contributed by atoms with Crippen LogP contribution in [0, 0.1) is 12.3 Å². The smallest absolute Gasteiger partial charge is 0.391 e. The van der Waals surface area contributed by atoms with E-state index in [2.05, 4.69) is 10.3 Å². The van der Waals surface area contributed by atoms with Crippen molar-refractivity contribution in [2.24, 2.45) is 11.3 Å². The summed E-state index contributed by atoms with van der Waals surface area (Å²) in [5.41, 5.74) is 4.28. The minimum Gasteiger partial charge on any atom is -0.391 e. The lowest BCUT2D eigenvalue weighted by molar-refractivity contribution is -0.199. The number of nitrogens with two attached hydrogens (primary N) is 1. The van der Waals surface area contributed by atoms with E-state index in [1.165, 1.54) is 11.3 Å². The van der Waals surface area contributed by atoms with E-state index in [0.29, 0.717) is 0 Å². The molecule has 8 nitrogen and oxygen atoms in total. The number of nitrogens with one attached hydrogen (secondary N) is 2. The van der Waals surface area contributed by atoms with Gasteiger partial charge in [0, 0.05) is 19.5 Å².